The Balaban J connectivity index is 2.28. The number of nitrogens with one attached hydrogen (secondary N) is 2. The van der Waals surface area contributed by atoms with Crippen molar-refractivity contribution in [2.75, 3.05) is 20.1 Å². The van der Waals surface area contributed by atoms with Gasteiger partial charge in [-0.2, -0.15) is 5.10 Å². The summed E-state index contributed by atoms with van der Waals surface area (Å²) < 4.78 is 0. The Morgan fingerprint density at radius 1 is 1.60 bits per heavy atom. The van der Waals surface area contributed by atoms with Gasteiger partial charge in [-0.1, -0.05) is 6.92 Å². The number of aromatic amines is 1. The van der Waals surface area contributed by atoms with Gasteiger partial charge in [0.25, 0.3) is 0 Å². The zero-order valence-electron chi connectivity index (χ0n) is 10.2. The van der Waals surface area contributed by atoms with Crippen molar-refractivity contribution >= 4 is 0 Å². The van der Waals surface area contributed by atoms with E-state index in [4.69, 9.17) is 0 Å². The highest BCUT2D eigenvalue weighted by molar-refractivity contribution is 5.13. The zero-order chi connectivity index (χ0) is 11.3. The Morgan fingerprint density at radius 3 is 2.87 bits per heavy atom. The molecule has 86 valence electrons. The van der Waals surface area contributed by atoms with E-state index in [0.717, 1.165) is 25.3 Å². The van der Waals surface area contributed by atoms with Gasteiger partial charge in [-0.05, 0) is 27.4 Å². The van der Waals surface area contributed by atoms with Crippen LogP contribution in [-0.4, -0.2) is 41.3 Å². The fourth-order valence-electron chi connectivity index (χ4n) is 1.50. The maximum atomic E-state index is 4.00. The van der Waals surface area contributed by atoms with E-state index in [2.05, 4.69) is 41.3 Å². The van der Waals surface area contributed by atoms with Crippen LogP contribution in [0.3, 0.4) is 0 Å². The number of hydrogen-bond acceptors (Lipinski definition) is 3. The highest BCUT2D eigenvalue weighted by Gasteiger charge is 2.06. The van der Waals surface area contributed by atoms with Crippen molar-refractivity contribution in [1.82, 2.24) is 20.4 Å². The van der Waals surface area contributed by atoms with E-state index in [-0.39, 0.29) is 0 Å². The third-order valence-electron chi connectivity index (χ3n) is 2.70. The molecule has 0 aliphatic heterocycles. The van der Waals surface area contributed by atoms with Crippen molar-refractivity contribution < 1.29 is 0 Å². The highest BCUT2D eigenvalue weighted by atomic mass is 15.1. The molecule has 0 fully saturated rings. The number of aryl methyl sites for hydroxylation is 1. The summed E-state index contributed by atoms with van der Waals surface area (Å²) in [5.41, 5.74) is 2.40. The lowest BCUT2D eigenvalue weighted by Crippen LogP contribution is -2.36. The second-order valence-corrected chi connectivity index (χ2v) is 4.16. The summed E-state index contributed by atoms with van der Waals surface area (Å²) in [6.45, 7) is 9.49. The predicted octanol–water partition coefficient (Wildman–Crippen LogP) is 1.15. The van der Waals surface area contributed by atoms with Crippen molar-refractivity contribution in [2.45, 2.75) is 33.4 Å². The Kier molecular flexibility index (Phi) is 4.78. The predicted molar refractivity (Wildman–Crippen MR) is 62.8 cm³/mol. The molecule has 1 atom stereocenters. The second-order valence-electron chi connectivity index (χ2n) is 4.16. The molecule has 1 unspecified atom stereocenters. The highest BCUT2D eigenvalue weighted by Crippen LogP contribution is 2.02. The van der Waals surface area contributed by atoms with Crippen molar-refractivity contribution in [3.05, 3.63) is 17.5 Å². The summed E-state index contributed by atoms with van der Waals surface area (Å²) in [6, 6.07) is 0.504. The molecule has 0 amide bonds. The molecule has 15 heavy (non-hydrogen) atoms. The molecule has 0 radical (unpaired) electrons. The first-order valence-corrected chi connectivity index (χ1v) is 5.54. The first-order valence-electron chi connectivity index (χ1n) is 5.54. The van der Waals surface area contributed by atoms with Crippen LogP contribution in [0.2, 0.25) is 0 Å². The van der Waals surface area contributed by atoms with E-state index in [1.165, 1.54) is 5.56 Å². The Hall–Kier alpha value is -0.870. The number of H-pyrrole nitrogens is 1. The fourth-order valence-corrected chi connectivity index (χ4v) is 1.50. The third-order valence-corrected chi connectivity index (χ3v) is 2.70. The topological polar surface area (TPSA) is 44.0 Å². The third kappa shape index (κ3) is 4.01. The van der Waals surface area contributed by atoms with Gasteiger partial charge in [-0.25, -0.2) is 0 Å². The SMILES string of the molecule is CCN(C)CC(C)NCc1cn[nH]c1C. The van der Waals surface area contributed by atoms with E-state index in [0.29, 0.717) is 6.04 Å². The van der Waals surface area contributed by atoms with Gasteiger partial charge in [0.2, 0.25) is 0 Å². The summed E-state index contributed by atoms with van der Waals surface area (Å²) in [5, 5.41) is 10.4. The quantitative estimate of drug-likeness (QED) is 0.740. The van der Waals surface area contributed by atoms with Crippen LogP contribution in [0, 0.1) is 6.92 Å². The average Bonchev–Trinajstić information content (AvgIpc) is 2.61. The van der Waals surface area contributed by atoms with Gasteiger partial charge < -0.3 is 10.2 Å². The summed E-state index contributed by atoms with van der Waals surface area (Å²) in [4.78, 5) is 2.31. The van der Waals surface area contributed by atoms with E-state index in [1.54, 1.807) is 0 Å². The largest absolute Gasteiger partial charge is 0.309 e. The van der Waals surface area contributed by atoms with Crippen LogP contribution in [0.4, 0.5) is 0 Å². The maximum Gasteiger partial charge on any atom is 0.0535 e. The average molecular weight is 210 g/mol. The van der Waals surface area contributed by atoms with Crippen molar-refractivity contribution in [1.29, 1.82) is 0 Å². The molecule has 0 aliphatic carbocycles. The summed E-state index contributed by atoms with van der Waals surface area (Å²) in [7, 11) is 2.14. The van der Waals surface area contributed by atoms with Gasteiger partial charge in [0.15, 0.2) is 0 Å². The van der Waals surface area contributed by atoms with Gasteiger partial charge >= 0.3 is 0 Å². The molecule has 4 nitrogen and oxygen atoms in total. The van der Waals surface area contributed by atoms with E-state index >= 15 is 0 Å². The van der Waals surface area contributed by atoms with Crippen LogP contribution in [-0.2, 0) is 6.54 Å². The molecule has 0 aliphatic rings. The van der Waals surface area contributed by atoms with Crippen molar-refractivity contribution in [2.24, 2.45) is 0 Å². The Bertz CT molecular complexity index is 282. The van der Waals surface area contributed by atoms with Gasteiger partial charge in [0.05, 0.1) is 6.20 Å². The number of nitrogens with zero attached hydrogens (tertiary/aromatic N) is 2. The molecular weight excluding hydrogens is 188 g/mol. The Morgan fingerprint density at radius 2 is 2.33 bits per heavy atom. The second kappa shape index (κ2) is 5.88. The fraction of sp³-hybridized carbons (Fsp3) is 0.727. The molecule has 2 N–H and O–H groups in total. The van der Waals surface area contributed by atoms with Gasteiger partial charge in [-0.15, -0.1) is 0 Å². The summed E-state index contributed by atoms with van der Waals surface area (Å²) in [6.07, 6.45) is 1.89. The lowest BCUT2D eigenvalue weighted by atomic mass is 10.2. The minimum atomic E-state index is 0.504. The van der Waals surface area contributed by atoms with Crippen LogP contribution in [0.5, 0.6) is 0 Å². The molecule has 4 heteroatoms. The minimum absolute atomic E-state index is 0.504. The number of hydrogen-bond donors (Lipinski definition) is 2. The van der Waals surface area contributed by atoms with Crippen LogP contribution in [0.25, 0.3) is 0 Å². The normalized spacial score (nSPS) is 13.4. The molecule has 0 spiro atoms. The maximum absolute atomic E-state index is 4.00. The van der Waals surface area contributed by atoms with E-state index < -0.39 is 0 Å². The van der Waals surface area contributed by atoms with Crippen molar-refractivity contribution in [3.63, 3.8) is 0 Å². The van der Waals surface area contributed by atoms with Crippen molar-refractivity contribution in [3.8, 4) is 0 Å². The molecule has 0 saturated carbocycles. The summed E-state index contributed by atoms with van der Waals surface area (Å²) >= 11 is 0. The molecule has 1 aromatic heterocycles. The van der Waals surface area contributed by atoms with Crippen LogP contribution in [0.15, 0.2) is 6.20 Å². The standard InChI is InChI=1S/C11H22N4/c1-5-15(4)8-9(2)12-6-11-7-13-14-10(11)3/h7,9,12H,5-6,8H2,1-4H3,(H,13,14). The lowest BCUT2D eigenvalue weighted by Gasteiger charge is -2.20. The molecule has 0 bridgehead atoms. The molecular formula is C11H22N4. The van der Waals surface area contributed by atoms with Crippen LogP contribution < -0.4 is 5.32 Å². The van der Waals surface area contributed by atoms with Gasteiger partial charge in [0.1, 0.15) is 0 Å². The smallest absolute Gasteiger partial charge is 0.0535 e. The monoisotopic (exact) mass is 210 g/mol. The number of rotatable bonds is 6. The van der Waals surface area contributed by atoms with E-state index in [1.807, 2.05) is 13.1 Å². The molecule has 1 rings (SSSR count). The van der Waals surface area contributed by atoms with Gasteiger partial charge in [0, 0.05) is 30.4 Å². The Labute approximate surface area is 92.1 Å². The lowest BCUT2D eigenvalue weighted by molar-refractivity contribution is 0.309. The van der Waals surface area contributed by atoms with Crippen LogP contribution in [0.1, 0.15) is 25.1 Å². The molecule has 1 aromatic rings. The summed E-state index contributed by atoms with van der Waals surface area (Å²) in [5.74, 6) is 0. The van der Waals surface area contributed by atoms with Gasteiger partial charge in [-0.3, -0.25) is 5.10 Å². The molecule has 0 saturated heterocycles. The van der Waals surface area contributed by atoms with E-state index in [9.17, 15) is 0 Å². The first kappa shape index (κ1) is 12.2. The number of likely N-dealkylation sites (N-methyl/N-ethyl adjacent to an activating group) is 1. The first-order chi connectivity index (χ1) is 7.13. The molecule has 1 heterocycles. The zero-order valence-corrected chi connectivity index (χ0v) is 10.2. The number of aromatic nitrogens is 2. The molecule has 0 aromatic carbocycles. The van der Waals surface area contributed by atoms with Crippen LogP contribution >= 0.6 is 0 Å². The minimum Gasteiger partial charge on any atom is -0.309 e.